The van der Waals surface area contributed by atoms with Crippen LogP contribution in [-0.4, -0.2) is 155 Å². The quantitative estimate of drug-likeness (QED) is 0.0243. The molecule has 4 aliphatic rings. The Morgan fingerprint density at radius 1 is 1.03 bits per heavy atom. The molecule has 69 heavy (non-hydrogen) atoms. The van der Waals surface area contributed by atoms with Gasteiger partial charge in [-0.3, -0.25) is 27.5 Å². The van der Waals surface area contributed by atoms with Crippen LogP contribution in [0.4, 0.5) is 11.6 Å². The number of carbonyl (C=O) groups is 1. The maximum atomic E-state index is 14.2. The fourth-order valence-electron chi connectivity index (χ4n) is 8.31. The number of phosphoric ester groups is 2. The summed E-state index contributed by atoms with van der Waals surface area (Å²) in [5.74, 6) is -0.600. The molecular weight excluding hydrogens is 960 g/mol. The highest BCUT2D eigenvalue weighted by Crippen LogP contribution is 2.52. The van der Waals surface area contributed by atoms with Crippen LogP contribution >= 0.6 is 15.6 Å². The molecule has 10 N–H and O–H groups in total. The summed E-state index contributed by atoms with van der Waals surface area (Å²) in [7, 11) is -10.7. The number of fused-ring (bicyclic) bond motifs is 1. The van der Waals surface area contributed by atoms with E-state index in [1.54, 1.807) is 6.08 Å². The Labute approximate surface area is 394 Å². The summed E-state index contributed by atoms with van der Waals surface area (Å²) >= 11 is 0. The molecule has 0 aromatic carbocycles. The van der Waals surface area contributed by atoms with Gasteiger partial charge in [-0.05, 0) is 57.4 Å². The Morgan fingerprint density at radius 2 is 1.80 bits per heavy atom. The van der Waals surface area contributed by atoms with Gasteiger partial charge in [0.05, 0.1) is 32.2 Å². The predicted octanol–water partition coefficient (Wildman–Crippen LogP) is 0.190. The van der Waals surface area contributed by atoms with E-state index >= 15 is 0 Å². The minimum absolute atomic E-state index is 0.0105. The first-order chi connectivity index (χ1) is 33.0. The third-order valence-corrected chi connectivity index (χ3v) is 13.1. The van der Waals surface area contributed by atoms with Crippen molar-refractivity contribution in [2.75, 3.05) is 51.1 Å². The number of aliphatic hydroxyl groups is 2. The molecule has 12 atom stereocenters. The Morgan fingerprint density at radius 3 is 2.52 bits per heavy atom. The fraction of sp³-hybridized carbons (Fsp3) is 0.692. The van der Waals surface area contributed by atoms with Gasteiger partial charge in [-0.2, -0.15) is 4.98 Å². The number of aliphatic hydroxyl groups excluding tert-OH is 2. The van der Waals surface area contributed by atoms with E-state index in [1.165, 1.54) is 17.0 Å². The second-order valence-electron chi connectivity index (χ2n) is 16.6. The van der Waals surface area contributed by atoms with Gasteiger partial charge in [0.1, 0.15) is 48.2 Å². The largest absolute Gasteiger partial charge is 0.472 e. The van der Waals surface area contributed by atoms with E-state index < -0.39 is 108 Å². The average molecular weight is 1020 g/mol. The second kappa shape index (κ2) is 23.6. The normalized spacial score (nSPS) is 29.2. The number of nitrogens with two attached hydrogens (primary N) is 2. The van der Waals surface area contributed by atoms with Gasteiger partial charge in [0.15, 0.2) is 36.6 Å². The van der Waals surface area contributed by atoms with Crippen molar-refractivity contribution in [1.82, 2.24) is 34.4 Å². The summed E-state index contributed by atoms with van der Waals surface area (Å²) in [6.07, 6.45) is -2.67. The zero-order chi connectivity index (χ0) is 49.3. The monoisotopic (exact) mass is 1020 g/mol. The maximum Gasteiger partial charge on any atom is 0.472 e. The van der Waals surface area contributed by atoms with Crippen molar-refractivity contribution in [3.63, 3.8) is 0 Å². The number of aromatic nitrogens is 6. The summed E-state index contributed by atoms with van der Waals surface area (Å²) in [5, 5.41) is 26.4. The molecule has 6 unspecified atom stereocenters. The molecule has 4 aliphatic heterocycles. The number of nitrogens with one attached hydrogen (secondary N) is 1. The van der Waals surface area contributed by atoms with Gasteiger partial charge in [-0.25, -0.2) is 28.9 Å². The number of nitrogens with zero attached hydrogens (tertiary/aromatic N) is 6. The number of hydrogen-bond donors (Lipinski definition) is 8. The highest BCUT2D eigenvalue weighted by atomic mass is 31.2. The smallest absolute Gasteiger partial charge is 0.386 e. The van der Waals surface area contributed by atoms with E-state index in [4.69, 9.17) is 58.2 Å². The van der Waals surface area contributed by atoms with E-state index in [0.717, 1.165) is 36.4 Å². The van der Waals surface area contributed by atoms with E-state index in [9.17, 15) is 43.6 Å². The molecule has 7 heterocycles. The molecule has 28 nitrogen and oxygen atoms in total. The van der Waals surface area contributed by atoms with Gasteiger partial charge in [0, 0.05) is 38.9 Å². The van der Waals surface area contributed by atoms with Crippen molar-refractivity contribution in [2.24, 2.45) is 0 Å². The number of rotatable bonds is 25. The predicted molar refractivity (Wildman–Crippen MR) is 235 cm³/mol. The molecule has 384 valence electrons. The van der Waals surface area contributed by atoms with Gasteiger partial charge < -0.3 is 74.8 Å². The molecular formula is C39H59N9O19P2. The van der Waals surface area contributed by atoms with E-state index in [1.807, 2.05) is 0 Å². The number of carbonyl (C=O) groups excluding carboxylic acids is 1. The van der Waals surface area contributed by atoms with Crippen LogP contribution in [0.15, 0.2) is 42.4 Å². The third kappa shape index (κ3) is 13.5. The van der Waals surface area contributed by atoms with Gasteiger partial charge in [-0.1, -0.05) is 6.08 Å². The van der Waals surface area contributed by atoms with Crippen molar-refractivity contribution in [3.05, 3.63) is 48.1 Å². The number of amides is 1. The van der Waals surface area contributed by atoms with Crippen molar-refractivity contribution >= 4 is 44.4 Å². The van der Waals surface area contributed by atoms with E-state index in [0.29, 0.717) is 45.3 Å². The summed E-state index contributed by atoms with van der Waals surface area (Å²) in [6.45, 7) is 2.37. The number of allylic oxidation sites excluding steroid dienone is 1. The Bertz CT molecular complexity index is 2350. The van der Waals surface area contributed by atoms with Crippen LogP contribution in [0.1, 0.15) is 70.4 Å². The molecule has 0 spiro atoms. The summed E-state index contributed by atoms with van der Waals surface area (Å²) < 4.78 is 85.7. The van der Waals surface area contributed by atoms with Crippen LogP contribution in [0.5, 0.6) is 0 Å². The maximum absolute atomic E-state index is 14.2. The first-order valence-electron chi connectivity index (χ1n) is 22.3. The number of phosphoric acid groups is 2. The second-order valence-corrected chi connectivity index (χ2v) is 19.3. The number of imidazole rings is 1. The minimum Gasteiger partial charge on any atom is -0.386 e. The molecule has 0 saturated carbocycles. The molecule has 0 bridgehead atoms. The SMILES string of the molecule is C=CCCC(=O)N[C@@H](CCCCOC1CCCCO1)C(O)O[C@@H]1C(COP(=O)(O)O[C@@H]2C(COP(=O)(O)O)OC[C@@]2(OC2CCCO2)n2ccc(N)nc2=O)O[C@@H](n2cnc3c(N)ncnc32)[C@@H]1O. The molecule has 4 fully saturated rings. The van der Waals surface area contributed by atoms with Crippen LogP contribution in [-0.2, 0) is 66.4 Å². The number of nitrogen functional groups attached to an aromatic ring is 2. The Balaban J connectivity index is 1.14. The topological polar surface area (TPSA) is 387 Å². The summed E-state index contributed by atoms with van der Waals surface area (Å²) in [5.41, 5.74) is 8.82. The molecule has 0 aliphatic carbocycles. The number of anilines is 2. The molecule has 30 heteroatoms. The molecule has 3 aromatic heterocycles. The van der Waals surface area contributed by atoms with Crippen LogP contribution in [0.3, 0.4) is 0 Å². The zero-order valence-electron chi connectivity index (χ0n) is 37.4. The molecule has 0 radical (unpaired) electrons. The first kappa shape index (κ1) is 52.9. The van der Waals surface area contributed by atoms with Gasteiger partial charge in [0.25, 0.3) is 0 Å². The molecule has 4 saturated heterocycles. The summed E-state index contributed by atoms with van der Waals surface area (Å²) in [6, 6.07) is 0.178. The van der Waals surface area contributed by atoms with E-state index in [2.05, 4.69) is 31.8 Å². The van der Waals surface area contributed by atoms with Crippen LogP contribution < -0.4 is 22.5 Å². The van der Waals surface area contributed by atoms with Crippen LogP contribution in [0.2, 0.25) is 0 Å². The Kier molecular flexibility index (Phi) is 18.1. The van der Waals surface area contributed by atoms with Crippen molar-refractivity contribution in [2.45, 2.75) is 132 Å². The summed E-state index contributed by atoms with van der Waals surface area (Å²) in [4.78, 5) is 73.2. The Hall–Kier alpha value is -3.90. The minimum atomic E-state index is -5.49. The lowest BCUT2D eigenvalue weighted by Crippen LogP contribution is -2.56. The lowest BCUT2D eigenvalue weighted by Gasteiger charge is -2.38. The molecule has 3 aromatic rings. The molecule has 1 amide bonds. The fourth-order valence-corrected chi connectivity index (χ4v) is 9.63. The lowest BCUT2D eigenvalue weighted by atomic mass is 10.1. The van der Waals surface area contributed by atoms with Gasteiger partial charge in [0.2, 0.25) is 11.6 Å². The third-order valence-electron chi connectivity index (χ3n) is 11.7. The van der Waals surface area contributed by atoms with Gasteiger partial charge >= 0.3 is 21.3 Å². The zero-order valence-corrected chi connectivity index (χ0v) is 39.2. The van der Waals surface area contributed by atoms with Crippen molar-refractivity contribution < 1.29 is 85.5 Å². The molecule has 7 rings (SSSR count). The van der Waals surface area contributed by atoms with Crippen LogP contribution in [0, 0.1) is 0 Å². The van der Waals surface area contributed by atoms with Gasteiger partial charge in [-0.15, -0.1) is 6.58 Å². The van der Waals surface area contributed by atoms with Crippen molar-refractivity contribution in [1.29, 1.82) is 0 Å². The van der Waals surface area contributed by atoms with Crippen molar-refractivity contribution in [3.8, 4) is 0 Å². The van der Waals surface area contributed by atoms with Crippen LogP contribution in [0.25, 0.3) is 11.2 Å². The number of unbranched alkanes of at least 4 members (excludes halogenated alkanes) is 1. The standard InChI is InChI=1S/C39H59N9O19P2/c1-2-3-10-27(49)45-23(9-4-6-15-58-28-11-5-7-16-59-28)37(51)65-32-24(64-36(31(32)50)47-22-44-30-34(41)42-21-43-35(30)47)18-63-69(56,57)67-33-25(19-62-68(53,54)55)61-20-39(33,66-29-12-8-17-60-29)48-14-13-26(40)46-38(48)52/h2,13-14,21-25,28-29,31-33,36-37,50-51H,1,3-12,15-20H2,(H,45,49)(H,56,57)(H2,40,46,52)(H2,41,42,43)(H2,53,54,55)/t23-,24?,25?,28?,29?,31+,32+,33+,36+,37?,39-/m0/s1. The average Bonchev–Trinajstić information content (AvgIpc) is 4.11. The lowest BCUT2D eigenvalue weighted by molar-refractivity contribution is -0.250. The van der Waals surface area contributed by atoms with E-state index in [-0.39, 0.29) is 48.5 Å². The highest BCUT2D eigenvalue weighted by molar-refractivity contribution is 7.47. The number of ether oxygens (including phenoxy) is 7. The number of hydrogen-bond acceptors (Lipinski definition) is 22. The highest BCUT2D eigenvalue weighted by Gasteiger charge is 2.59. The first-order valence-corrected chi connectivity index (χ1v) is 25.4.